The van der Waals surface area contributed by atoms with Crippen LogP contribution in [0.5, 0.6) is 0 Å². The summed E-state index contributed by atoms with van der Waals surface area (Å²) in [5, 5.41) is 20.5. The summed E-state index contributed by atoms with van der Waals surface area (Å²) < 4.78 is 0. The van der Waals surface area contributed by atoms with E-state index in [0.29, 0.717) is 0 Å². The molecular weight excluding hydrogens is 673 g/mol. The lowest BCUT2D eigenvalue weighted by atomic mass is 9.80. The van der Waals surface area contributed by atoms with Crippen LogP contribution in [-0.4, -0.2) is 0 Å². The summed E-state index contributed by atoms with van der Waals surface area (Å²) in [7, 11) is 0. The Labute approximate surface area is 324 Å². The molecule has 12 aromatic carbocycles. The fourth-order valence-electron chi connectivity index (χ4n) is 9.89. The molecule has 0 aromatic heterocycles. The van der Waals surface area contributed by atoms with E-state index in [-0.39, 0.29) is 0 Å². The molecule has 0 saturated carbocycles. The zero-order valence-corrected chi connectivity index (χ0v) is 30.6. The van der Waals surface area contributed by atoms with Crippen LogP contribution in [0.15, 0.2) is 206 Å². The summed E-state index contributed by atoms with van der Waals surface area (Å²) in [5.74, 6) is 0. The molecular formula is C56H34. The smallest absolute Gasteiger partial charge is 0.000785 e. The Bertz CT molecular complexity index is 3450. The molecule has 0 aliphatic heterocycles. The summed E-state index contributed by atoms with van der Waals surface area (Å²) in [6.45, 7) is 0. The van der Waals surface area contributed by atoms with E-state index in [9.17, 15) is 0 Å². The van der Waals surface area contributed by atoms with Gasteiger partial charge in [0.15, 0.2) is 0 Å². The van der Waals surface area contributed by atoms with Crippen molar-refractivity contribution in [1.29, 1.82) is 0 Å². The van der Waals surface area contributed by atoms with Crippen molar-refractivity contribution in [3.8, 4) is 33.4 Å². The predicted molar refractivity (Wildman–Crippen MR) is 243 cm³/mol. The van der Waals surface area contributed by atoms with E-state index < -0.39 is 0 Å². The highest BCUT2D eigenvalue weighted by molar-refractivity contribution is 6.34. The van der Waals surface area contributed by atoms with Gasteiger partial charge >= 0.3 is 0 Å². The third-order valence-electron chi connectivity index (χ3n) is 12.2. The van der Waals surface area contributed by atoms with Gasteiger partial charge in [0, 0.05) is 0 Å². The minimum Gasteiger partial charge on any atom is -0.0622 e. The molecule has 258 valence electrons. The molecule has 0 unspecified atom stereocenters. The first-order chi connectivity index (χ1) is 27.8. The van der Waals surface area contributed by atoms with E-state index in [1.807, 2.05) is 0 Å². The largest absolute Gasteiger partial charge is 0.0622 e. The Kier molecular flexibility index (Phi) is 6.73. The summed E-state index contributed by atoms with van der Waals surface area (Å²) in [6, 6.07) is 76.7. The maximum Gasteiger partial charge on any atom is -0.000785 e. The molecule has 0 heterocycles. The number of hydrogen-bond acceptors (Lipinski definition) is 0. The molecule has 0 saturated heterocycles. The molecule has 12 aromatic rings. The normalized spacial score (nSPS) is 11.9. The highest BCUT2D eigenvalue weighted by Crippen LogP contribution is 2.51. The van der Waals surface area contributed by atoms with Crippen LogP contribution >= 0.6 is 0 Å². The molecule has 0 fully saturated rings. The van der Waals surface area contributed by atoms with Gasteiger partial charge in [0.25, 0.3) is 0 Å². The van der Waals surface area contributed by atoms with E-state index in [2.05, 4.69) is 206 Å². The first kappa shape index (κ1) is 31.1. The zero-order valence-electron chi connectivity index (χ0n) is 30.6. The third-order valence-corrected chi connectivity index (χ3v) is 12.2. The number of fused-ring (bicyclic) bond motifs is 14. The summed E-state index contributed by atoms with van der Waals surface area (Å²) in [5.41, 5.74) is 7.52. The van der Waals surface area contributed by atoms with Gasteiger partial charge in [-0.2, -0.15) is 0 Å². The van der Waals surface area contributed by atoms with E-state index >= 15 is 0 Å². The fourth-order valence-corrected chi connectivity index (χ4v) is 9.89. The summed E-state index contributed by atoms with van der Waals surface area (Å²) in [4.78, 5) is 0. The van der Waals surface area contributed by atoms with Crippen molar-refractivity contribution in [3.63, 3.8) is 0 Å². The van der Waals surface area contributed by atoms with Crippen LogP contribution in [0.1, 0.15) is 0 Å². The molecule has 0 heteroatoms. The molecule has 0 bridgehead atoms. The SMILES string of the molecule is c1ccc(-c2ccc3c4ccccc4c4ccccc4c3c2-c2c3ccccc3c(-c3ccc4c5ccccc5c5ccccc5c4c3)c3ccccc23)cc1. The van der Waals surface area contributed by atoms with Crippen molar-refractivity contribution >= 4 is 86.2 Å². The zero-order chi connectivity index (χ0) is 36.7. The first-order valence-electron chi connectivity index (χ1n) is 19.5. The average molecular weight is 707 g/mol. The Morgan fingerprint density at radius 2 is 0.518 bits per heavy atom. The molecule has 0 aliphatic carbocycles. The van der Waals surface area contributed by atoms with Crippen LogP contribution in [0, 0.1) is 0 Å². The molecule has 56 heavy (non-hydrogen) atoms. The highest BCUT2D eigenvalue weighted by Gasteiger charge is 2.23. The van der Waals surface area contributed by atoms with Crippen molar-refractivity contribution in [3.05, 3.63) is 206 Å². The topological polar surface area (TPSA) is 0 Å². The molecule has 0 nitrogen and oxygen atoms in total. The minimum absolute atomic E-state index is 1.22. The minimum atomic E-state index is 1.22. The predicted octanol–water partition coefficient (Wildman–Crippen LogP) is 15.9. The monoisotopic (exact) mass is 706 g/mol. The van der Waals surface area contributed by atoms with Gasteiger partial charge in [-0.05, 0) is 126 Å². The molecule has 0 atom stereocenters. The van der Waals surface area contributed by atoms with Crippen LogP contribution in [0.3, 0.4) is 0 Å². The average Bonchev–Trinajstić information content (AvgIpc) is 3.28. The van der Waals surface area contributed by atoms with E-state index in [1.165, 1.54) is 120 Å². The van der Waals surface area contributed by atoms with Crippen LogP contribution < -0.4 is 0 Å². The van der Waals surface area contributed by atoms with E-state index in [4.69, 9.17) is 0 Å². The second kappa shape index (κ2) is 12.1. The fraction of sp³-hybridized carbons (Fsp3) is 0. The molecule has 0 spiro atoms. The molecule has 0 N–H and O–H groups in total. The standard InChI is InChI=1S/C56H34/c1-2-16-35(17-3-1)37-32-33-51-43-23-8-6-21-41(43)42-22-10-11-25-46(42)54(51)56(37)55-49-28-14-12-26-47(49)53(48-27-13-15-29-50(48)55)36-30-31-45-40-20-5-4-18-38(40)39-19-7-9-24-44(39)52(45)34-36/h1-34H. The van der Waals surface area contributed by atoms with Crippen LogP contribution in [0.2, 0.25) is 0 Å². The van der Waals surface area contributed by atoms with Gasteiger partial charge in [0.05, 0.1) is 0 Å². The summed E-state index contributed by atoms with van der Waals surface area (Å²) in [6.07, 6.45) is 0. The second-order valence-electron chi connectivity index (χ2n) is 15.1. The maximum absolute atomic E-state index is 2.45. The lowest BCUT2D eigenvalue weighted by molar-refractivity contribution is 1.64. The van der Waals surface area contributed by atoms with E-state index in [0.717, 1.165) is 0 Å². The van der Waals surface area contributed by atoms with Crippen molar-refractivity contribution in [2.45, 2.75) is 0 Å². The Balaban J connectivity index is 1.26. The summed E-state index contributed by atoms with van der Waals surface area (Å²) >= 11 is 0. The molecule has 12 rings (SSSR count). The second-order valence-corrected chi connectivity index (χ2v) is 15.1. The third kappa shape index (κ3) is 4.42. The van der Waals surface area contributed by atoms with Gasteiger partial charge in [-0.15, -0.1) is 0 Å². The molecule has 0 radical (unpaired) electrons. The van der Waals surface area contributed by atoms with Gasteiger partial charge in [-0.1, -0.05) is 200 Å². The van der Waals surface area contributed by atoms with Crippen LogP contribution in [0.25, 0.3) is 120 Å². The van der Waals surface area contributed by atoms with Gasteiger partial charge in [0.1, 0.15) is 0 Å². The lowest BCUT2D eigenvalue weighted by Crippen LogP contribution is -1.95. The highest BCUT2D eigenvalue weighted by atomic mass is 14.3. The van der Waals surface area contributed by atoms with Crippen molar-refractivity contribution < 1.29 is 0 Å². The Morgan fingerprint density at radius 1 is 0.179 bits per heavy atom. The van der Waals surface area contributed by atoms with Gasteiger partial charge < -0.3 is 0 Å². The first-order valence-corrected chi connectivity index (χ1v) is 19.5. The van der Waals surface area contributed by atoms with Gasteiger partial charge in [-0.3, -0.25) is 0 Å². The van der Waals surface area contributed by atoms with Crippen LogP contribution in [0.4, 0.5) is 0 Å². The number of benzene rings is 12. The lowest BCUT2D eigenvalue weighted by Gasteiger charge is -2.23. The number of rotatable bonds is 3. The Morgan fingerprint density at radius 3 is 1.02 bits per heavy atom. The van der Waals surface area contributed by atoms with E-state index in [1.54, 1.807) is 0 Å². The van der Waals surface area contributed by atoms with Crippen molar-refractivity contribution in [2.75, 3.05) is 0 Å². The number of hydrogen-bond donors (Lipinski definition) is 0. The maximum atomic E-state index is 2.45. The molecule has 0 amide bonds. The van der Waals surface area contributed by atoms with Crippen LogP contribution in [-0.2, 0) is 0 Å². The van der Waals surface area contributed by atoms with Gasteiger partial charge in [0.2, 0.25) is 0 Å². The Hall–Kier alpha value is -7.28. The quantitative estimate of drug-likeness (QED) is 0.127. The van der Waals surface area contributed by atoms with Gasteiger partial charge in [-0.25, -0.2) is 0 Å². The van der Waals surface area contributed by atoms with Crippen molar-refractivity contribution in [2.24, 2.45) is 0 Å². The van der Waals surface area contributed by atoms with Crippen molar-refractivity contribution in [1.82, 2.24) is 0 Å². The molecule has 0 aliphatic rings.